The van der Waals surface area contributed by atoms with Crippen LogP contribution in [-0.4, -0.2) is 18.0 Å². The Bertz CT molecular complexity index is 901. The maximum Gasteiger partial charge on any atom is 0.255 e. The molecule has 0 radical (unpaired) electrons. The van der Waals surface area contributed by atoms with Crippen LogP contribution in [0.5, 0.6) is 5.75 Å². The summed E-state index contributed by atoms with van der Waals surface area (Å²) >= 11 is 1.67. The predicted octanol–water partition coefficient (Wildman–Crippen LogP) is 5.20. The number of carbonyl (C=O) groups excluding carboxylic acids is 1. The lowest BCUT2D eigenvalue weighted by Gasteiger charge is -2.11. The third-order valence-corrected chi connectivity index (χ3v) is 5.22. The maximum atomic E-state index is 12.6. The summed E-state index contributed by atoms with van der Waals surface area (Å²) in [5.74, 6) is 0.650. The van der Waals surface area contributed by atoms with Crippen LogP contribution in [0.25, 0.3) is 11.3 Å². The molecule has 1 aromatic heterocycles. The van der Waals surface area contributed by atoms with Crippen LogP contribution in [0.1, 0.15) is 34.8 Å². The van der Waals surface area contributed by atoms with Gasteiger partial charge in [-0.15, -0.1) is 11.3 Å². The van der Waals surface area contributed by atoms with Gasteiger partial charge in [-0.2, -0.15) is 0 Å². The van der Waals surface area contributed by atoms with Crippen molar-refractivity contribution in [3.8, 4) is 17.0 Å². The third kappa shape index (κ3) is 3.94. The number of nitrogens with one attached hydrogen (secondary N) is 1. The molecular formula is C21H22N2O2S. The van der Waals surface area contributed by atoms with E-state index in [1.807, 2.05) is 49.4 Å². The van der Waals surface area contributed by atoms with Gasteiger partial charge in [0.2, 0.25) is 0 Å². The van der Waals surface area contributed by atoms with Crippen molar-refractivity contribution in [1.82, 2.24) is 4.98 Å². The van der Waals surface area contributed by atoms with Gasteiger partial charge in [-0.3, -0.25) is 4.79 Å². The predicted molar refractivity (Wildman–Crippen MR) is 107 cm³/mol. The zero-order valence-corrected chi connectivity index (χ0v) is 16.0. The van der Waals surface area contributed by atoms with E-state index in [1.54, 1.807) is 18.4 Å². The topological polar surface area (TPSA) is 51.2 Å². The summed E-state index contributed by atoms with van der Waals surface area (Å²) < 4.78 is 5.24. The van der Waals surface area contributed by atoms with Crippen molar-refractivity contribution in [2.45, 2.75) is 26.7 Å². The molecule has 134 valence electrons. The van der Waals surface area contributed by atoms with Gasteiger partial charge in [0.05, 0.1) is 17.8 Å². The fourth-order valence-corrected chi connectivity index (χ4v) is 3.49. The Kier molecular flexibility index (Phi) is 5.68. The lowest BCUT2D eigenvalue weighted by atomic mass is 10.0. The summed E-state index contributed by atoms with van der Waals surface area (Å²) in [6.07, 6.45) is 1.71. The molecule has 5 heteroatoms. The Hall–Kier alpha value is -2.66. The average Bonchev–Trinajstić information content (AvgIpc) is 3.17. The molecule has 0 atom stereocenters. The molecular weight excluding hydrogens is 344 g/mol. The number of benzene rings is 2. The fourth-order valence-electron chi connectivity index (χ4n) is 2.74. The van der Waals surface area contributed by atoms with E-state index in [4.69, 9.17) is 4.74 Å². The third-order valence-electron chi connectivity index (χ3n) is 4.23. The molecule has 3 aromatic rings. The first kappa shape index (κ1) is 18.1. The van der Waals surface area contributed by atoms with Gasteiger partial charge in [0.1, 0.15) is 5.75 Å². The molecule has 0 fully saturated rings. The summed E-state index contributed by atoms with van der Waals surface area (Å²) in [6, 6.07) is 13.3. The summed E-state index contributed by atoms with van der Waals surface area (Å²) in [7, 11) is 1.63. The number of anilines is 1. The summed E-state index contributed by atoms with van der Waals surface area (Å²) in [5.41, 5.74) is 4.44. The summed E-state index contributed by atoms with van der Waals surface area (Å²) in [4.78, 5) is 17.2. The number of amides is 1. The number of aryl methyl sites for hydroxylation is 2. The Morgan fingerprint density at radius 1 is 1.12 bits per heavy atom. The molecule has 0 saturated carbocycles. The van der Waals surface area contributed by atoms with Gasteiger partial charge >= 0.3 is 0 Å². The molecule has 0 saturated heterocycles. The second kappa shape index (κ2) is 8.15. The molecule has 0 aliphatic carbocycles. The largest absolute Gasteiger partial charge is 0.497 e. The molecule has 0 bridgehead atoms. The number of ether oxygens (including phenoxy) is 1. The number of rotatable bonds is 6. The fraction of sp³-hybridized carbons (Fsp3) is 0.238. The van der Waals surface area contributed by atoms with Crippen LogP contribution in [0.2, 0.25) is 0 Å². The van der Waals surface area contributed by atoms with E-state index < -0.39 is 0 Å². The monoisotopic (exact) mass is 366 g/mol. The van der Waals surface area contributed by atoms with Gasteiger partial charge < -0.3 is 10.1 Å². The molecule has 1 N–H and O–H groups in total. The average molecular weight is 366 g/mol. The van der Waals surface area contributed by atoms with E-state index in [0.717, 1.165) is 46.1 Å². The Morgan fingerprint density at radius 2 is 1.88 bits per heavy atom. The van der Waals surface area contributed by atoms with Crippen LogP contribution in [0.3, 0.4) is 0 Å². The first-order chi connectivity index (χ1) is 12.6. The first-order valence-electron chi connectivity index (χ1n) is 8.67. The van der Waals surface area contributed by atoms with E-state index in [9.17, 15) is 4.79 Å². The van der Waals surface area contributed by atoms with Crippen molar-refractivity contribution < 1.29 is 9.53 Å². The van der Waals surface area contributed by atoms with Crippen LogP contribution in [-0.2, 0) is 12.8 Å². The van der Waals surface area contributed by atoms with Gasteiger partial charge in [0.15, 0.2) is 0 Å². The number of carbonyl (C=O) groups is 1. The van der Waals surface area contributed by atoms with Crippen molar-refractivity contribution in [2.75, 3.05) is 12.4 Å². The van der Waals surface area contributed by atoms with Gasteiger partial charge in [-0.05, 0) is 48.7 Å². The molecule has 26 heavy (non-hydrogen) atoms. The zero-order valence-electron chi connectivity index (χ0n) is 15.2. The molecule has 0 unspecified atom stereocenters. The van der Waals surface area contributed by atoms with E-state index in [0.29, 0.717) is 5.56 Å². The van der Waals surface area contributed by atoms with Crippen molar-refractivity contribution in [3.05, 3.63) is 64.0 Å². The SMILES string of the molecule is CCc1nc(-c2ccc(NC(=O)c3ccc(OC)cc3CC)cc2)cs1. The standard InChI is InChI=1S/C21H22N2O2S/c1-4-14-12-17(25-3)10-11-18(14)21(24)22-16-8-6-15(7-9-16)19-13-26-20(5-2)23-19/h6-13H,4-5H2,1-3H3,(H,22,24). The van der Waals surface area contributed by atoms with Gasteiger partial charge in [0.25, 0.3) is 5.91 Å². The molecule has 1 amide bonds. The number of thiazole rings is 1. The van der Waals surface area contributed by atoms with Crippen molar-refractivity contribution >= 4 is 22.9 Å². The van der Waals surface area contributed by atoms with Crippen molar-refractivity contribution in [3.63, 3.8) is 0 Å². The minimum absolute atomic E-state index is 0.112. The molecule has 1 heterocycles. The van der Waals surface area contributed by atoms with Gasteiger partial charge in [-0.25, -0.2) is 4.98 Å². The van der Waals surface area contributed by atoms with Crippen LogP contribution < -0.4 is 10.1 Å². The molecule has 4 nitrogen and oxygen atoms in total. The molecule has 3 rings (SSSR count). The van der Waals surface area contributed by atoms with E-state index in [2.05, 4.69) is 22.6 Å². The zero-order chi connectivity index (χ0) is 18.5. The summed E-state index contributed by atoms with van der Waals surface area (Å²) in [6.45, 7) is 4.13. The van der Waals surface area contributed by atoms with E-state index in [-0.39, 0.29) is 5.91 Å². The maximum absolute atomic E-state index is 12.6. The van der Waals surface area contributed by atoms with Crippen LogP contribution in [0.15, 0.2) is 47.8 Å². The Morgan fingerprint density at radius 3 is 2.50 bits per heavy atom. The van der Waals surface area contributed by atoms with Crippen molar-refractivity contribution in [1.29, 1.82) is 0 Å². The second-order valence-electron chi connectivity index (χ2n) is 5.89. The lowest BCUT2D eigenvalue weighted by Crippen LogP contribution is -2.14. The lowest BCUT2D eigenvalue weighted by molar-refractivity contribution is 0.102. The van der Waals surface area contributed by atoms with Gasteiger partial charge in [-0.1, -0.05) is 26.0 Å². The van der Waals surface area contributed by atoms with E-state index in [1.165, 1.54) is 0 Å². The van der Waals surface area contributed by atoms with E-state index >= 15 is 0 Å². The number of hydrogen-bond donors (Lipinski definition) is 1. The molecule has 0 aliphatic rings. The van der Waals surface area contributed by atoms with Crippen LogP contribution in [0.4, 0.5) is 5.69 Å². The van der Waals surface area contributed by atoms with Crippen molar-refractivity contribution in [2.24, 2.45) is 0 Å². The molecule has 0 aliphatic heterocycles. The van der Waals surface area contributed by atoms with Crippen LogP contribution in [0, 0.1) is 0 Å². The first-order valence-corrected chi connectivity index (χ1v) is 9.55. The smallest absolute Gasteiger partial charge is 0.255 e. The Labute approximate surface area is 157 Å². The highest BCUT2D eigenvalue weighted by Gasteiger charge is 2.12. The number of aromatic nitrogens is 1. The highest BCUT2D eigenvalue weighted by molar-refractivity contribution is 7.09. The number of methoxy groups -OCH3 is 1. The van der Waals surface area contributed by atoms with Gasteiger partial charge in [0, 0.05) is 22.2 Å². The highest BCUT2D eigenvalue weighted by atomic mass is 32.1. The second-order valence-corrected chi connectivity index (χ2v) is 6.83. The molecule has 2 aromatic carbocycles. The minimum Gasteiger partial charge on any atom is -0.497 e. The molecule has 0 spiro atoms. The number of hydrogen-bond acceptors (Lipinski definition) is 4. The summed E-state index contributed by atoms with van der Waals surface area (Å²) in [5, 5.41) is 6.16. The van der Waals surface area contributed by atoms with Crippen LogP contribution >= 0.6 is 11.3 Å². The quantitative estimate of drug-likeness (QED) is 0.653. The Balaban J connectivity index is 1.75. The minimum atomic E-state index is -0.112. The normalized spacial score (nSPS) is 10.6. The highest BCUT2D eigenvalue weighted by Crippen LogP contribution is 2.24. The number of nitrogens with zero attached hydrogens (tertiary/aromatic N) is 1.